The van der Waals surface area contributed by atoms with Crippen molar-refractivity contribution in [2.45, 2.75) is 6.18 Å². The Morgan fingerprint density at radius 1 is 0.786 bits per heavy atom. The van der Waals surface area contributed by atoms with E-state index < -0.39 is 34.0 Å². The number of rotatable bonds is 4. The Hall–Kier alpha value is -3.49. The first kappa shape index (κ1) is 19.3. The van der Waals surface area contributed by atoms with E-state index in [1.54, 1.807) is 30.3 Å². The van der Waals surface area contributed by atoms with Crippen LogP contribution in [0.1, 0.15) is 5.56 Å². The van der Waals surface area contributed by atoms with Crippen LogP contribution in [0.5, 0.6) is 0 Å². The number of benzene rings is 3. The van der Waals surface area contributed by atoms with Crippen LogP contribution >= 0.6 is 0 Å². The number of nitro groups is 1. The van der Waals surface area contributed by atoms with Gasteiger partial charge in [-0.25, -0.2) is 4.39 Å². The lowest BCUT2D eigenvalue weighted by molar-refractivity contribution is -0.387. The molecule has 3 aromatic rings. The van der Waals surface area contributed by atoms with E-state index in [9.17, 15) is 32.1 Å². The Labute approximate surface area is 155 Å². The summed E-state index contributed by atoms with van der Waals surface area (Å²) in [5.74, 6) is -2.60. The summed E-state index contributed by atoms with van der Waals surface area (Å²) in [5.41, 5.74) is -1.95. The lowest BCUT2D eigenvalue weighted by Crippen LogP contribution is -2.14. The second-order valence-electron chi connectivity index (χ2n) is 5.73. The van der Waals surface area contributed by atoms with Gasteiger partial charge in [-0.2, -0.15) is 17.6 Å². The van der Waals surface area contributed by atoms with Crippen molar-refractivity contribution >= 4 is 22.7 Å². The van der Waals surface area contributed by atoms with Gasteiger partial charge >= 0.3 is 11.9 Å². The molecule has 28 heavy (non-hydrogen) atoms. The smallest absolute Gasteiger partial charge is 0.310 e. The topological polar surface area (TPSA) is 46.4 Å². The zero-order valence-corrected chi connectivity index (χ0v) is 14.0. The highest BCUT2D eigenvalue weighted by molar-refractivity contribution is 5.77. The zero-order valence-electron chi connectivity index (χ0n) is 14.0. The third-order valence-corrected chi connectivity index (χ3v) is 3.91. The van der Waals surface area contributed by atoms with E-state index in [1.165, 1.54) is 11.0 Å². The molecule has 0 N–H and O–H groups in total. The van der Waals surface area contributed by atoms with Crippen LogP contribution in [-0.4, -0.2) is 4.92 Å². The van der Waals surface area contributed by atoms with Gasteiger partial charge in [-0.3, -0.25) is 10.1 Å². The van der Waals surface area contributed by atoms with Crippen LogP contribution in [0.25, 0.3) is 0 Å². The summed E-state index contributed by atoms with van der Waals surface area (Å²) in [6.45, 7) is 0. The molecule has 0 unspecified atom stereocenters. The third-order valence-electron chi connectivity index (χ3n) is 3.91. The fourth-order valence-electron chi connectivity index (χ4n) is 2.68. The van der Waals surface area contributed by atoms with Crippen LogP contribution < -0.4 is 4.90 Å². The molecule has 0 aromatic heterocycles. The quantitative estimate of drug-likeness (QED) is 0.294. The SMILES string of the molecule is O=[N+]([O-])c1ccc(N(c2ccccc2)c2ccc(F)c(C(F)(F)F)c2)cc1F. The largest absolute Gasteiger partial charge is 0.419 e. The molecule has 0 saturated heterocycles. The van der Waals surface area contributed by atoms with E-state index in [0.29, 0.717) is 17.8 Å². The summed E-state index contributed by atoms with van der Waals surface area (Å²) in [6, 6.07) is 13.3. The predicted octanol–water partition coefficient (Wildman–Crippen LogP) is 6.36. The first-order valence-corrected chi connectivity index (χ1v) is 7.84. The Kier molecular flexibility index (Phi) is 5.00. The minimum Gasteiger partial charge on any atom is -0.310 e. The highest BCUT2D eigenvalue weighted by Crippen LogP contribution is 2.40. The van der Waals surface area contributed by atoms with Gasteiger partial charge in [0.15, 0.2) is 0 Å². The molecular formula is C19H11F5N2O2. The molecule has 0 atom stereocenters. The van der Waals surface area contributed by atoms with Gasteiger partial charge in [0.05, 0.1) is 10.5 Å². The van der Waals surface area contributed by atoms with E-state index in [4.69, 9.17) is 0 Å². The summed E-state index contributed by atoms with van der Waals surface area (Å²) in [7, 11) is 0. The van der Waals surface area contributed by atoms with Gasteiger partial charge in [-0.15, -0.1) is 0 Å². The number of hydrogen-bond donors (Lipinski definition) is 0. The lowest BCUT2D eigenvalue weighted by Gasteiger charge is -2.26. The molecule has 3 rings (SSSR count). The van der Waals surface area contributed by atoms with E-state index in [0.717, 1.165) is 18.2 Å². The van der Waals surface area contributed by atoms with Crippen LogP contribution in [0.4, 0.5) is 44.7 Å². The monoisotopic (exact) mass is 394 g/mol. The highest BCUT2D eigenvalue weighted by atomic mass is 19.4. The van der Waals surface area contributed by atoms with Crippen LogP contribution in [0.3, 0.4) is 0 Å². The number of nitro benzene ring substituents is 1. The van der Waals surface area contributed by atoms with Crippen LogP contribution in [0, 0.1) is 21.7 Å². The minimum atomic E-state index is -4.93. The standard InChI is InChI=1S/C19H11F5N2O2/c20-16-8-6-13(10-15(16)19(22,23)24)25(12-4-2-1-3-5-12)14-7-9-18(26(27)28)17(21)11-14/h1-11H. The maximum Gasteiger partial charge on any atom is 0.419 e. The van der Waals surface area contributed by atoms with Crippen molar-refractivity contribution in [2.75, 3.05) is 4.90 Å². The molecule has 0 spiro atoms. The molecule has 0 amide bonds. The predicted molar refractivity (Wildman–Crippen MR) is 92.7 cm³/mol. The Morgan fingerprint density at radius 2 is 1.39 bits per heavy atom. The van der Waals surface area contributed by atoms with Crippen molar-refractivity contribution in [1.82, 2.24) is 0 Å². The van der Waals surface area contributed by atoms with Crippen molar-refractivity contribution < 1.29 is 26.9 Å². The fraction of sp³-hybridized carbons (Fsp3) is 0.0526. The number of halogens is 5. The number of hydrogen-bond acceptors (Lipinski definition) is 3. The van der Waals surface area contributed by atoms with E-state index in [1.807, 2.05) is 0 Å². The second-order valence-corrected chi connectivity index (χ2v) is 5.73. The lowest BCUT2D eigenvalue weighted by atomic mass is 10.1. The molecule has 3 aromatic carbocycles. The van der Waals surface area contributed by atoms with Crippen molar-refractivity contribution in [2.24, 2.45) is 0 Å². The molecule has 0 radical (unpaired) electrons. The van der Waals surface area contributed by atoms with Gasteiger partial charge in [-0.05, 0) is 36.4 Å². The molecule has 144 valence electrons. The van der Waals surface area contributed by atoms with Gasteiger partial charge in [-0.1, -0.05) is 18.2 Å². The molecule has 9 heteroatoms. The normalized spacial score (nSPS) is 11.3. The first-order chi connectivity index (χ1) is 13.2. The molecule has 0 aliphatic heterocycles. The van der Waals surface area contributed by atoms with Gasteiger partial charge < -0.3 is 4.90 Å². The minimum absolute atomic E-state index is 0.0361. The van der Waals surface area contributed by atoms with E-state index >= 15 is 0 Å². The molecule has 0 saturated carbocycles. The van der Waals surface area contributed by atoms with Crippen LogP contribution in [0.2, 0.25) is 0 Å². The maximum absolute atomic E-state index is 14.1. The summed E-state index contributed by atoms with van der Waals surface area (Å²) < 4.78 is 67.1. The maximum atomic E-state index is 14.1. The summed E-state index contributed by atoms with van der Waals surface area (Å²) in [4.78, 5) is 11.1. The van der Waals surface area contributed by atoms with E-state index in [-0.39, 0.29) is 11.4 Å². The van der Waals surface area contributed by atoms with Crippen molar-refractivity contribution in [3.8, 4) is 0 Å². The van der Waals surface area contributed by atoms with Gasteiger partial charge in [0.1, 0.15) is 5.82 Å². The average Bonchev–Trinajstić information content (AvgIpc) is 2.63. The van der Waals surface area contributed by atoms with Gasteiger partial charge in [0.2, 0.25) is 5.82 Å². The summed E-state index contributed by atoms with van der Waals surface area (Å²) >= 11 is 0. The number of nitrogens with zero attached hydrogens (tertiary/aromatic N) is 2. The third kappa shape index (κ3) is 3.78. The second kappa shape index (κ2) is 7.26. The molecule has 0 aliphatic carbocycles. The molecule has 0 heterocycles. The molecule has 0 fully saturated rings. The summed E-state index contributed by atoms with van der Waals surface area (Å²) in [5, 5.41) is 10.8. The number of para-hydroxylation sites is 1. The van der Waals surface area contributed by atoms with Gasteiger partial charge in [0, 0.05) is 29.2 Å². The van der Waals surface area contributed by atoms with Crippen molar-refractivity contribution in [3.05, 3.63) is 94.0 Å². The van der Waals surface area contributed by atoms with Gasteiger partial charge in [0.25, 0.3) is 0 Å². The number of anilines is 3. The highest BCUT2D eigenvalue weighted by Gasteiger charge is 2.35. The zero-order chi connectivity index (χ0) is 20.5. The Bertz CT molecular complexity index is 1020. The van der Waals surface area contributed by atoms with Crippen molar-refractivity contribution in [1.29, 1.82) is 0 Å². The molecule has 4 nitrogen and oxygen atoms in total. The van der Waals surface area contributed by atoms with Crippen molar-refractivity contribution in [3.63, 3.8) is 0 Å². The van der Waals surface area contributed by atoms with Crippen LogP contribution in [0.15, 0.2) is 66.7 Å². The summed E-state index contributed by atoms with van der Waals surface area (Å²) in [6.07, 6.45) is -4.93. The van der Waals surface area contributed by atoms with Crippen LogP contribution in [-0.2, 0) is 6.18 Å². The molecular weight excluding hydrogens is 383 g/mol. The Morgan fingerprint density at radius 3 is 1.96 bits per heavy atom. The Balaban J connectivity index is 2.20. The fourth-order valence-corrected chi connectivity index (χ4v) is 2.68. The molecule has 0 aliphatic rings. The first-order valence-electron chi connectivity index (χ1n) is 7.84. The van der Waals surface area contributed by atoms with E-state index in [2.05, 4.69) is 0 Å². The number of alkyl halides is 3. The molecule has 0 bridgehead atoms. The average molecular weight is 394 g/mol.